The molecule has 136 valence electrons. The Morgan fingerprint density at radius 3 is 2.62 bits per heavy atom. The highest BCUT2D eigenvalue weighted by atomic mass is 32.1. The Balaban J connectivity index is 1.69. The van der Waals surface area contributed by atoms with E-state index < -0.39 is 17.8 Å². The van der Waals surface area contributed by atoms with Crippen molar-refractivity contribution in [2.24, 2.45) is 0 Å². The highest BCUT2D eigenvalue weighted by Gasteiger charge is 2.30. The summed E-state index contributed by atoms with van der Waals surface area (Å²) in [6.45, 7) is 3.62. The van der Waals surface area contributed by atoms with E-state index in [4.69, 9.17) is 4.42 Å². The Bertz CT molecular complexity index is 951. The number of aryl methyl sites for hydroxylation is 2. The van der Waals surface area contributed by atoms with Gasteiger partial charge in [-0.25, -0.2) is 9.78 Å². The zero-order valence-electron chi connectivity index (χ0n) is 13.5. The van der Waals surface area contributed by atoms with Gasteiger partial charge >= 0.3 is 18.2 Å². The summed E-state index contributed by atoms with van der Waals surface area (Å²) in [4.78, 5) is 16.8. The normalized spacial score (nSPS) is 11.4. The van der Waals surface area contributed by atoms with E-state index in [0.717, 1.165) is 22.8 Å². The molecule has 0 aliphatic rings. The van der Waals surface area contributed by atoms with E-state index in [2.05, 4.69) is 25.8 Å². The van der Waals surface area contributed by atoms with E-state index in [1.54, 1.807) is 6.92 Å². The fourth-order valence-electron chi connectivity index (χ4n) is 2.13. The number of thiazole rings is 1. The zero-order chi connectivity index (χ0) is 18.9. The molecule has 0 saturated heterocycles. The van der Waals surface area contributed by atoms with Gasteiger partial charge in [-0.05, 0) is 32.0 Å². The molecule has 2 N–H and O–H groups in total. The van der Waals surface area contributed by atoms with Crippen LogP contribution in [0.15, 0.2) is 28.7 Å². The van der Waals surface area contributed by atoms with Gasteiger partial charge in [-0.3, -0.25) is 5.32 Å². The van der Waals surface area contributed by atoms with Crippen LogP contribution in [-0.4, -0.2) is 21.2 Å². The summed E-state index contributed by atoms with van der Waals surface area (Å²) in [5.74, 6) is 0.197. The molecule has 0 spiro atoms. The molecule has 3 rings (SSSR count). The largest absolute Gasteiger partial charge is 0.416 e. The number of nitrogens with zero attached hydrogens (tertiary/aromatic N) is 3. The summed E-state index contributed by atoms with van der Waals surface area (Å²) in [6.07, 6.45) is -4.50. The molecule has 0 aliphatic heterocycles. The number of rotatable bonds is 3. The molecular formula is C15H12F3N5O2S. The van der Waals surface area contributed by atoms with Crippen molar-refractivity contribution in [1.29, 1.82) is 0 Å². The molecule has 7 nitrogen and oxygen atoms in total. The monoisotopic (exact) mass is 383 g/mol. The number of halogens is 3. The van der Waals surface area contributed by atoms with Gasteiger partial charge in [-0.15, -0.1) is 16.4 Å². The van der Waals surface area contributed by atoms with Crippen LogP contribution >= 0.6 is 11.3 Å². The maximum atomic E-state index is 12.7. The molecule has 0 unspecified atom stereocenters. The lowest BCUT2D eigenvalue weighted by Crippen LogP contribution is -2.20. The van der Waals surface area contributed by atoms with E-state index in [1.165, 1.54) is 23.5 Å². The third kappa shape index (κ3) is 3.99. The van der Waals surface area contributed by atoms with Gasteiger partial charge in [0.1, 0.15) is 4.88 Å². The zero-order valence-corrected chi connectivity index (χ0v) is 14.3. The molecule has 26 heavy (non-hydrogen) atoms. The average Bonchev–Trinajstić information content (AvgIpc) is 3.12. The Labute approximate surface area is 149 Å². The van der Waals surface area contributed by atoms with Crippen LogP contribution in [0, 0.1) is 13.8 Å². The van der Waals surface area contributed by atoms with E-state index in [1.807, 2.05) is 6.92 Å². The summed E-state index contributed by atoms with van der Waals surface area (Å²) >= 11 is 1.36. The molecule has 0 fully saturated rings. The number of carbonyl (C=O) groups is 1. The molecule has 0 bridgehead atoms. The molecule has 3 aromatic rings. The van der Waals surface area contributed by atoms with Gasteiger partial charge in [0.2, 0.25) is 0 Å². The SMILES string of the molecule is Cc1nc(C)c(-c2nnc(NC(=O)Nc3cccc(C(F)(F)F)c3)o2)s1. The van der Waals surface area contributed by atoms with E-state index in [9.17, 15) is 18.0 Å². The summed E-state index contributed by atoms with van der Waals surface area (Å²) in [7, 11) is 0. The van der Waals surface area contributed by atoms with Gasteiger partial charge in [0.25, 0.3) is 5.89 Å². The quantitative estimate of drug-likeness (QED) is 0.696. The smallest absolute Gasteiger partial charge is 0.402 e. The van der Waals surface area contributed by atoms with E-state index in [-0.39, 0.29) is 17.6 Å². The Hall–Kier alpha value is -2.95. The van der Waals surface area contributed by atoms with Crippen LogP contribution < -0.4 is 10.6 Å². The summed E-state index contributed by atoms with van der Waals surface area (Å²) < 4.78 is 43.4. The maximum Gasteiger partial charge on any atom is 0.416 e. The van der Waals surface area contributed by atoms with Crippen LogP contribution in [0.3, 0.4) is 0 Å². The van der Waals surface area contributed by atoms with Crippen molar-refractivity contribution in [3.63, 3.8) is 0 Å². The van der Waals surface area contributed by atoms with Crippen LogP contribution in [0.25, 0.3) is 10.8 Å². The van der Waals surface area contributed by atoms with Crippen LogP contribution in [0.2, 0.25) is 0 Å². The first kappa shape index (κ1) is 17.9. The number of benzene rings is 1. The highest BCUT2D eigenvalue weighted by molar-refractivity contribution is 7.15. The van der Waals surface area contributed by atoms with Crippen molar-refractivity contribution < 1.29 is 22.4 Å². The first-order valence-corrected chi connectivity index (χ1v) is 8.07. The molecule has 1 aromatic carbocycles. The Morgan fingerprint density at radius 2 is 1.96 bits per heavy atom. The van der Waals surface area contributed by atoms with Crippen LogP contribution in [0.1, 0.15) is 16.3 Å². The van der Waals surface area contributed by atoms with E-state index >= 15 is 0 Å². The molecular weight excluding hydrogens is 371 g/mol. The third-order valence-corrected chi connectivity index (χ3v) is 4.25. The van der Waals surface area contributed by atoms with Crippen molar-refractivity contribution in [3.05, 3.63) is 40.5 Å². The van der Waals surface area contributed by atoms with Crippen molar-refractivity contribution in [1.82, 2.24) is 15.2 Å². The second-order valence-electron chi connectivity index (χ2n) is 5.22. The maximum absolute atomic E-state index is 12.7. The number of hydrogen-bond acceptors (Lipinski definition) is 6. The molecule has 2 aromatic heterocycles. The molecule has 0 radical (unpaired) electrons. The van der Waals surface area contributed by atoms with Crippen molar-refractivity contribution in [3.8, 4) is 10.8 Å². The van der Waals surface area contributed by atoms with E-state index in [0.29, 0.717) is 4.88 Å². The summed E-state index contributed by atoms with van der Waals surface area (Å²) in [5.41, 5.74) is -0.173. The topological polar surface area (TPSA) is 92.9 Å². The number of anilines is 2. The highest BCUT2D eigenvalue weighted by Crippen LogP contribution is 2.31. The average molecular weight is 383 g/mol. The van der Waals surface area contributed by atoms with Crippen LogP contribution in [0.5, 0.6) is 0 Å². The number of amides is 2. The van der Waals surface area contributed by atoms with Crippen LogP contribution in [-0.2, 0) is 6.18 Å². The van der Waals surface area contributed by atoms with Crippen molar-refractivity contribution in [2.45, 2.75) is 20.0 Å². The number of carbonyl (C=O) groups excluding carboxylic acids is 1. The van der Waals surface area contributed by atoms with Gasteiger partial charge < -0.3 is 9.73 Å². The molecule has 0 saturated carbocycles. The van der Waals surface area contributed by atoms with Gasteiger partial charge in [0.15, 0.2) is 0 Å². The minimum atomic E-state index is -4.50. The molecule has 0 aliphatic carbocycles. The molecule has 2 amide bonds. The van der Waals surface area contributed by atoms with Crippen molar-refractivity contribution in [2.75, 3.05) is 10.6 Å². The minimum absolute atomic E-state index is 0.0222. The lowest BCUT2D eigenvalue weighted by molar-refractivity contribution is -0.137. The second-order valence-corrected chi connectivity index (χ2v) is 6.42. The van der Waals surface area contributed by atoms with Gasteiger partial charge in [0.05, 0.1) is 16.3 Å². The van der Waals surface area contributed by atoms with Crippen molar-refractivity contribution >= 4 is 29.1 Å². The fourth-order valence-corrected chi connectivity index (χ4v) is 2.97. The lowest BCUT2D eigenvalue weighted by atomic mass is 10.2. The summed E-state index contributed by atoms with van der Waals surface area (Å²) in [6, 6.07) is 3.26. The number of hydrogen-bond donors (Lipinski definition) is 2. The predicted octanol–water partition coefficient (Wildman–Crippen LogP) is 4.47. The predicted molar refractivity (Wildman–Crippen MR) is 89.0 cm³/mol. The van der Waals surface area contributed by atoms with Gasteiger partial charge in [-0.1, -0.05) is 11.2 Å². The molecule has 11 heteroatoms. The standard InChI is InChI=1S/C15H12F3N5O2S/c1-7-11(26-8(2)19-7)12-22-23-14(25-12)21-13(24)20-10-5-3-4-9(6-10)15(16,17)18/h3-6H,1-2H3,(H2,20,21,23,24). The number of nitrogens with one attached hydrogen (secondary N) is 2. The first-order valence-electron chi connectivity index (χ1n) is 7.25. The Morgan fingerprint density at radius 1 is 1.19 bits per heavy atom. The number of urea groups is 1. The third-order valence-electron chi connectivity index (χ3n) is 3.19. The minimum Gasteiger partial charge on any atom is -0.402 e. The first-order chi connectivity index (χ1) is 12.2. The number of alkyl halides is 3. The second kappa shape index (κ2) is 6.75. The molecule has 0 atom stereocenters. The summed E-state index contributed by atoms with van der Waals surface area (Å²) in [5, 5.41) is 12.9. The van der Waals surface area contributed by atoms with Gasteiger partial charge in [-0.2, -0.15) is 13.2 Å². The van der Waals surface area contributed by atoms with Gasteiger partial charge in [0, 0.05) is 5.69 Å². The number of aromatic nitrogens is 3. The Kier molecular flexibility index (Phi) is 4.64. The molecule has 2 heterocycles. The lowest BCUT2D eigenvalue weighted by Gasteiger charge is -2.09. The fraction of sp³-hybridized carbons (Fsp3) is 0.200. The van der Waals surface area contributed by atoms with Crippen LogP contribution in [0.4, 0.5) is 29.7 Å².